The molecule has 0 N–H and O–H groups in total. The Labute approximate surface area is 135 Å². The normalized spacial score (nSPS) is 30.3. The van der Waals surface area contributed by atoms with Crippen molar-refractivity contribution in [1.29, 1.82) is 0 Å². The molecule has 23 heavy (non-hydrogen) atoms. The first kappa shape index (κ1) is 15.1. The van der Waals surface area contributed by atoms with Gasteiger partial charge >= 0.3 is 0 Å². The van der Waals surface area contributed by atoms with Crippen LogP contribution in [0, 0.1) is 11.7 Å². The van der Waals surface area contributed by atoms with Gasteiger partial charge in [0.1, 0.15) is 18.0 Å². The zero-order valence-electron chi connectivity index (χ0n) is 13.1. The Balaban J connectivity index is 1.52. The summed E-state index contributed by atoms with van der Waals surface area (Å²) in [7, 11) is 0. The summed E-state index contributed by atoms with van der Waals surface area (Å²) >= 11 is 0. The highest BCUT2D eigenvalue weighted by Gasteiger charge is 2.47. The molecule has 1 aliphatic carbocycles. The predicted molar refractivity (Wildman–Crippen MR) is 82.7 cm³/mol. The Bertz CT molecular complexity index is 589. The highest BCUT2D eigenvalue weighted by molar-refractivity contribution is 5.95. The molecule has 2 heterocycles. The van der Waals surface area contributed by atoms with E-state index in [2.05, 4.69) is 0 Å². The molecule has 0 spiro atoms. The molecule has 3 fully saturated rings. The molecule has 3 atom stereocenters. The van der Waals surface area contributed by atoms with Crippen molar-refractivity contribution < 1.29 is 18.7 Å². The zero-order chi connectivity index (χ0) is 15.8. The van der Waals surface area contributed by atoms with Gasteiger partial charge in [-0.1, -0.05) is 12.1 Å². The Kier molecular flexibility index (Phi) is 4.07. The molecule has 0 aromatic heterocycles. The van der Waals surface area contributed by atoms with Gasteiger partial charge in [0.05, 0.1) is 18.2 Å². The topological polar surface area (TPSA) is 38.8 Å². The van der Waals surface area contributed by atoms with Crippen molar-refractivity contribution in [2.45, 2.75) is 43.9 Å². The van der Waals surface area contributed by atoms with Gasteiger partial charge in [-0.2, -0.15) is 0 Å². The summed E-state index contributed by atoms with van der Waals surface area (Å²) in [6.07, 6.45) is 4.14. The third-order valence-electron chi connectivity index (χ3n) is 5.09. The zero-order valence-corrected chi connectivity index (χ0v) is 13.1. The lowest BCUT2D eigenvalue weighted by atomic mass is 10.0. The van der Waals surface area contributed by atoms with Crippen molar-refractivity contribution in [2.75, 3.05) is 19.8 Å². The van der Waals surface area contributed by atoms with Gasteiger partial charge in [0.2, 0.25) is 0 Å². The lowest BCUT2D eigenvalue weighted by Gasteiger charge is -2.32. The Hall–Kier alpha value is -1.46. The van der Waals surface area contributed by atoms with Crippen molar-refractivity contribution >= 4 is 5.91 Å². The van der Waals surface area contributed by atoms with Crippen LogP contribution in [0.2, 0.25) is 0 Å². The van der Waals surface area contributed by atoms with Crippen LogP contribution in [0.5, 0.6) is 0 Å². The van der Waals surface area contributed by atoms with Crippen LogP contribution in [0.25, 0.3) is 0 Å². The number of fused-ring (bicyclic) bond motifs is 1. The van der Waals surface area contributed by atoms with Crippen LogP contribution in [-0.4, -0.2) is 48.8 Å². The molecule has 2 aliphatic heterocycles. The summed E-state index contributed by atoms with van der Waals surface area (Å²) in [5, 5.41) is 0. The number of nitrogens with zero attached hydrogens (tertiary/aromatic N) is 1. The number of rotatable bonds is 4. The fourth-order valence-corrected chi connectivity index (χ4v) is 3.62. The van der Waals surface area contributed by atoms with Crippen LogP contribution < -0.4 is 0 Å². The summed E-state index contributed by atoms with van der Waals surface area (Å²) in [5.74, 6) is -0.0393. The molecule has 4 rings (SSSR count). The van der Waals surface area contributed by atoms with Gasteiger partial charge in [0.15, 0.2) is 0 Å². The van der Waals surface area contributed by atoms with E-state index in [0.29, 0.717) is 19.1 Å². The molecule has 1 aromatic carbocycles. The number of halogens is 1. The summed E-state index contributed by atoms with van der Waals surface area (Å²) in [6.45, 7) is 1.96. The summed E-state index contributed by atoms with van der Waals surface area (Å²) < 4.78 is 25.9. The Morgan fingerprint density at radius 3 is 2.91 bits per heavy atom. The molecular weight excluding hydrogens is 297 g/mol. The van der Waals surface area contributed by atoms with Crippen LogP contribution >= 0.6 is 0 Å². The first-order valence-corrected chi connectivity index (χ1v) is 8.53. The predicted octanol–water partition coefficient (Wildman–Crippen LogP) is 2.62. The average molecular weight is 319 g/mol. The third-order valence-corrected chi connectivity index (χ3v) is 5.09. The Morgan fingerprint density at radius 1 is 1.30 bits per heavy atom. The van der Waals surface area contributed by atoms with Gasteiger partial charge in [-0.15, -0.1) is 0 Å². The number of amides is 1. The van der Waals surface area contributed by atoms with E-state index in [4.69, 9.17) is 9.47 Å². The van der Waals surface area contributed by atoms with E-state index in [0.717, 1.165) is 19.4 Å². The maximum absolute atomic E-state index is 14.0. The maximum Gasteiger partial charge on any atom is 0.257 e. The van der Waals surface area contributed by atoms with Crippen LogP contribution in [-0.2, 0) is 9.47 Å². The fraction of sp³-hybridized carbons (Fsp3) is 0.611. The summed E-state index contributed by atoms with van der Waals surface area (Å²) in [5.41, 5.74) is 0.139. The largest absolute Gasteiger partial charge is 0.373 e. The second-order valence-electron chi connectivity index (χ2n) is 6.80. The van der Waals surface area contributed by atoms with Crippen LogP contribution in [0.4, 0.5) is 4.39 Å². The van der Waals surface area contributed by atoms with E-state index in [-0.39, 0.29) is 29.7 Å². The Morgan fingerprint density at radius 2 is 2.13 bits per heavy atom. The minimum absolute atomic E-state index is 0.0000548. The van der Waals surface area contributed by atoms with Gasteiger partial charge < -0.3 is 14.4 Å². The molecule has 0 unspecified atom stereocenters. The summed E-state index contributed by atoms with van der Waals surface area (Å²) in [4.78, 5) is 14.6. The lowest BCUT2D eigenvalue weighted by Crippen LogP contribution is -2.44. The van der Waals surface area contributed by atoms with Crippen LogP contribution in [0.15, 0.2) is 24.3 Å². The fourth-order valence-electron chi connectivity index (χ4n) is 3.62. The van der Waals surface area contributed by atoms with E-state index >= 15 is 0 Å². The minimum Gasteiger partial charge on any atom is -0.373 e. The van der Waals surface area contributed by atoms with Crippen LogP contribution in [0.1, 0.15) is 36.0 Å². The van der Waals surface area contributed by atoms with Gasteiger partial charge in [-0.05, 0) is 43.7 Å². The van der Waals surface area contributed by atoms with Crippen molar-refractivity contribution in [3.05, 3.63) is 35.6 Å². The van der Waals surface area contributed by atoms with Gasteiger partial charge in [0.25, 0.3) is 5.91 Å². The van der Waals surface area contributed by atoms with Crippen LogP contribution in [0.3, 0.4) is 0 Å². The molecular formula is C18H22FNO3. The number of carbonyl (C=O) groups excluding carboxylic acids is 1. The first-order valence-electron chi connectivity index (χ1n) is 8.53. The number of benzene rings is 1. The quantitative estimate of drug-likeness (QED) is 0.856. The average Bonchev–Trinajstić information content (AvgIpc) is 3.33. The number of hydrogen-bond acceptors (Lipinski definition) is 3. The minimum atomic E-state index is -0.465. The highest BCUT2D eigenvalue weighted by Crippen LogP contribution is 2.34. The molecule has 0 radical (unpaired) electrons. The van der Waals surface area contributed by atoms with Gasteiger partial charge in [-0.3, -0.25) is 4.79 Å². The van der Waals surface area contributed by atoms with E-state index in [9.17, 15) is 9.18 Å². The van der Waals surface area contributed by atoms with Crippen molar-refractivity contribution in [3.8, 4) is 0 Å². The number of carbonyl (C=O) groups is 1. The molecule has 1 saturated carbocycles. The molecule has 4 nitrogen and oxygen atoms in total. The molecule has 1 aromatic rings. The number of likely N-dealkylation sites (tertiary alicyclic amines) is 1. The molecule has 3 aliphatic rings. The van der Waals surface area contributed by atoms with Gasteiger partial charge in [-0.25, -0.2) is 4.39 Å². The molecule has 5 heteroatoms. The van der Waals surface area contributed by atoms with Gasteiger partial charge in [0, 0.05) is 13.2 Å². The van der Waals surface area contributed by atoms with E-state index < -0.39 is 5.82 Å². The van der Waals surface area contributed by atoms with E-state index in [1.807, 2.05) is 0 Å². The highest BCUT2D eigenvalue weighted by atomic mass is 19.1. The number of ether oxygens (including phenoxy) is 2. The maximum atomic E-state index is 14.0. The second-order valence-corrected chi connectivity index (χ2v) is 6.80. The molecule has 0 bridgehead atoms. The van der Waals surface area contributed by atoms with E-state index in [1.165, 1.54) is 18.9 Å². The monoisotopic (exact) mass is 319 g/mol. The first-order chi connectivity index (χ1) is 11.2. The van der Waals surface area contributed by atoms with Crippen molar-refractivity contribution in [3.63, 3.8) is 0 Å². The van der Waals surface area contributed by atoms with E-state index in [1.54, 1.807) is 23.1 Å². The smallest absolute Gasteiger partial charge is 0.257 e. The SMILES string of the molecule is O=C(c1ccccc1F)N1C[C@@H](OCC2CC2)[C@H]2OCCC[C@H]21. The van der Waals surface area contributed by atoms with Crippen molar-refractivity contribution in [1.82, 2.24) is 4.90 Å². The van der Waals surface area contributed by atoms with Crippen molar-refractivity contribution in [2.24, 2.45) is 5.92 Å². The summed E-state index contributed by atoms with van der Waals surface area (Å²) in [6, 6.07) is 6.18. The second kappa shape index (κ2) is 6.21. The lowest BCUT2D eigenvalue weighted by molar-refractivity contribution is -0.0781. The molecule has 124 valence electrons. The molecule has 1 amide bonds. The number of hydrogen-bond donors (Lipinski definition) is 0. The standard InChI is InChI=1S/C18H22FNO3/c19-14-5-2-1-4-13(14)18(21)20-10-16(23-11-12-7-8-12)17-15(20)6-3-9-22-17/h1-2,4-5,12,15-17H,3,6-11H2/t15-,16-,17+/m1/s1. The third kappa shape index (κ3) is 3.00. The molecule has 2 saturated heterocycles.